The van der Waals surface area contributed by atoms with E-state index in [1.54, 1.807) is 26.8 Å². The van der Waals surface area contributed by atoms with E-state index >= 15 is 0 Å². The van der Waals surface area contributed by atoms with Crippen LogP contribution in [0.4, 0.5) is 4.79 Å². The van der Waals surface area contributed by atoms with Crippen molar-refractivity contribution in [2.45, 2.75) is 32.4 Å². The highest BCUT2D eigenvalue weighted by molar-refractivity contribution is 5.90. The Hall–Kier alpha value is -3.54. The highest BCUT2D eigenvalue weighted by Crippen LogP contribution is 2.35. The van der Waals surface area contributed by atoms with Gasteiger partial charge in [0.1, 0.15) is 17.9 Å². The fourth-order valence-electron chi connectivity index (χ4n) is 3.38. The summed E-state index contributed by atoms with van der Waals surface area (Å²) in [5, 5.41) is 15.5. The van der Waals surface area contributed by atoms with Gasteiger partial charge in [0.25, 0.3) is 0 Å². The maximum absolute atomic E-state index is 12.9. The zero-order valence-corrected chi connectivity index (χ0v) is 18.3. The Labute approximate surface area is 182 Å². The molecule has 0 bridgehead atoms. The summed E-state index contributed by atoms with van der Waals surface area (Å²) in [5.41, 5.74) is 0.781. The first-order valence-corrected chi connectivity index (χ1v) is 10.1. The van der Waals surface area contributed by atoms with Gasteiger partial charge in [-0.25, -0.2) is 4.79 Å². The largest absolute Gasteiger partial charge is 0.508 e. The van der Waals surface area contributed by atoms with Crippen LogP contribution in [0.15, 0.2) is 66.7 Å². The number of carbonyl (C=O) groups excluding carboxylic acids is 2. The normalized spacial score (nSPS) is 12.3. The lowest BCUT2D eigenvalue weighted by Crippen LogP contribution is -2.42. The Morgan fingerprint density at radius 1 is 1.00 bits per heavy atom. The van der Waals surface area contributed by atoms with Gasteiger partial charge in [0.15, 0.2) is 0 Å². The van der Waals surface area contributed by atoms with E-state index in [4.69, 9.17) is 4.74 Å². The number of hydrogen-bond acceptors (Lipinski definition) is 4. The number of likely N-dealkylation sites (N-methyl/N-ethyl adjacent to an activating group) is 1. The minimum atomic E-state index is -0.650. The summed E-state index contributed by atoms with van der Waals surface area (Å²) in [5.74, 6) is -0.275. The molecular formula is C25H28N2O4. The third kappa shape index (κ3) is 5.54. The summed E-state index contributed by atoms with van der Waals surface area (Å²) in [6, 6.07) is 20.0. The number of phenolic OH excluding ortho intramolecular Hbond substituents is 1. The second-order valence-corrected chi connectivity index (χ2v) is 8.47. The maximum Gasteiger partial charge on any atom is 0.410 e. The van der Waals surface area contributed by atoms with E-state index in [1.165, 1.54) is 11.9 Å². The molecule has 1 unspecified atom stereocenters. The molecule has 0 saturated heterocycles. The summed E-state index contributed by atoms with van der Waals surface area (Å²) in [6.07, 6.45) is -0.577. The molecule has 3 aromatic carbocycles. The molecular weight excluding hydrogens is 392 g/mol. The second kappa shape index (κ2) is 9.08. The number of phenols is 1. The smallest absolute Gasteiger partial charge is 0.410 e. The number of carbonyl (C=O) groups is 2. The fraction of sp³-hybridized carbons (Fsp3) is 0.280. The molecule has 31 heavy (non-hydrogen) atoms. The van der Waals surface area contributed by atoms with Gasteiger partial charge in [-0.3, -0.25) is 4.79 Å². The van der Waals surface area contributed by atoms with Gasteiger partial charge in [0.05, 0.1) is 6.04 Å². The van der Waals surface area contributed by atoms with Crippen molar-refractivity contribution in [3.05, 3.63) is 77.9 Å². The highest BCUT2D eigenvalue weighted by atomic mass is 16.6. The summed E-state index contributed by atoms with van der Waals surface area (Å²) < 4.78 is 5.32. The number of ether oxygens (including phenoxy) is 1. The minimum Gasteiger partial charge on any atom is -0.508 e. The SMILES string of the molecule is CN(CC(=O)NC(c1ccccc1)c1c(O)ccc2ccccc12)C(=O)OC(C)(C)C. The quantitative estimate of drug-likeness (QED) is 0.631. The van der Waals surface area contributed by atoms with Gasteiger partial charge >= 0.3 is 6.09 Å². The number of aromatic hydroxyl groups is 1. The molecule has 0 aliphatic carbocycles. The highest BCUT2D eigenvalue weighted by Gasteiger charge is 2.25. The Kier molecular flexibility index (Phi) is 6.49. The van der Waals surface area contributed by atoms with Crippen molar-refractivity contribution in [3.63, 3.8) is 0 Å². The van der Waals surface area contributed by atoms with Gasteiger partial charge in [0.2, 0.25) is 5.91 Å². The number of amides is 2. The molecule has 0 aromatic heterocycles. The predicted octanol–water partition coefficient (Wildman–Crippen LogP) is 4.62. The average Bonchev–Trinajstić information content (AvgIpc) is 2.72. The molecule has 0 spiro atoms. The standard InChI is InChI=1S/C25H28N2O4/c1-25(2,3)31-24(30)27(4)16-21(29)26-23(18-11-6-5-7-12-18)22-19-13-9-8-10-17(19)14-15-20(22)28/h5-15,23,28H,16H2,1-4H3,(H,26,29). The van der Waals surface area contributed by atoms with Crippen LogP contribution in [-0.2, 0) is 9.53 Å². The lowest BCUT2D eigenvalue weighted by molar-refractivity contribution is -0.122. The molecule has 0 heterocycles. The summed E-state index contributed by atoms with van der Waals surface area (Å²) in [4.78, 5) is 26.3. The molecule has 0 aliphatic heterocycles. The lowest BCUT2D eigenvalue weighted by atomic mass is 9.92. The lowest BCUT2D eigenvalue weighted by Gasteiger charge is -2.26. The zero-order chi connectivity index (χ0) is 22.6. The third-order valence-electron chi connectivity index (χ3n) is 4.76. The molecule has 3 aromatic rings. The second-order valence-electron chi connectivity index (χ2n) is 8.47. The number of fused-ring (bicyclic) bond motifs is 1. The number of nitrogens with one attached hydrogen (secondary N) is 1. The Morgan fingerprint density at radius 3 is 2.32 bits per heavy atom. The number of benzene rings is 3. The van der Waals surface area contributed by atoms with E-state index in [0.29, 0.717) is 5.56 Å². The van der Waals surface area contributed by atoms with E-state index < -0.39 is 17.7 Å². The molecule has 0 saturated carbocycles. The van der Waals surface area contributed by atoms with Crippen molar-refractivity contribution in [2.24, 2.45) is 0 Å². The molecule has 3 rings (SSSR count). The Balaban J connectivity index is 1.91. The molecule has 0 fully saturated rings. The van der Waals surface area contributed by atoms with Gasteiger partial charge < -0.3 is 20.1 Å². The van der Waals surface area contributed by atoms with Crippen LogP contribution in [0, 0.1) is 0 Å². The Morgan fingerprint density at radius 2 is 1.65 bits per heavy atom. The van der Waals surface area contributed by atoms with Crippen molar-refractivity contribution in [1.29, 1.82) is 0 Å². The van der Waals surface area contributed by atoms with Gasteiger partial charge in [-0.15, -0.1) is 0 Å². The molecule has 2 amide bonds. The topological polar surface area (TPSA) is 78.9 Å². The number of nitrogens with zero attached hydrogens (tertiary/aromatic N) is 1. The minimum absolute atomic E-state index is 0.0911. The van der Waals surface area contributed by atoms with Crippen molar-refractivity contribution >= 4 is 22.8 Å². The van der Waals surface area contributed by atoms with Gasteiger partial charge in [-0.05, 0) is 43.2 Å². The maximum atomic E-state index is 12.9. The first-order valence-electron chi connectivity index (χ1n) is 10.1. The molecule has 6 heteroatoms. The van der Waals surface area contributed by atoms with Gasteiger partial charge in [-0.2, -0.15) is 0 Å². The van der Waals surface area contributed by atoms with E-state index in [2.05, 4.69) is 5.32 Å². The first-order chi connectivity index (χ1) is 14.7. The van der Waals surface area contributed by atoms with Crippen molar-refractivity contribution in [2.75, 3.05) is 13.6 Å². The van der Waals surface area contributed by atoms with Crippen LogP contribution < -0.4 is 5.32 Å². The van der Waals surface area contributed by atoms with Crippen molar-refractivity contribution in [3.8, 4) is 5.75 Å². The van der Waals surface area contributed by atoms with Crippen LogP contribution in [0.3, 0.4) is 0 Å². The van der Waals surface area contributed by atoms with Gasteiger partial charge in [0, 0.05) is 12.6 Å². The van der Waals surface area contributed by atoms with E-state index in [0.717, 1.165) is 16.3 Å². The van der Waals surface area contributed by atoms with Crippen LogP contribution in [-0.4, -0.2) is 41.2 Å². The van der Waals surface area contributed by atoms with E-state index in [-0.39, 0.29) is 18.2 Å². The van der Waals surface area contributed by atoms with Crippen LogP contribution >= 0.6 is 0 Å². The Bertz CT molecular complexity index is 1070. The first kappa shape index (κ1) is 22.2. The number of hydrogen-bond donors (Lipinski definition) is 2. The van der Waals surface area contributed by atoms with Crippen LogP contribution in [0.5, 0.6) is 5.75 Å². The van der Waals surface area contributed by atoms with E-state index in [9.17, 15) is 14.7 Å². The molecule has 162 valence electrons. The van der Waals surface area contributed by atoms with Crippen LogP contribution in [0.25, 0.3) is 10.8 Å². The average molecular weight is 421 g/mol. The monoisotopic (exact) mass is 420 g/mol. The predicted molar refractivity (Wildman–Crippen MR) is 121 cm³/mol. The summed E-state index contributed by atoms with van der Waals surface area (Å²) in [7, 11) is 1.51. The molecule has 2 N–H and O–H groups in total. The van der Waals surface area contributed by atoms with Crippen molar-refractivity contribution < 1.29 is 19.4 Å². The summed E-state index contributed by atoms with van der Waals surface area (Å²) in [6.45, 7) is 5.14. The molecule has 6 nitrogen and oxygen atoms in total. The molecule has 1 atom stereocenters. The van der Waals surface area contributed by atoms with Crippen molar-refractivity contribution in [1.82, 2.24) is 10.2 Å². The van der Waals surface area contributed by atoms with Gasteiger partial charge in [-0.1, -0.05) is 60.7 Å². The van der Waals surface area contributed by atoms with Crippen LogP contribution in [0.1, 0.15) is 37.9 Å². The third-order valence-corrected chi connectivity index (χ3v) is 4.76. The summed E-state index contributed by atoms with van der Waals surface area (Å²) >= 11 is 0. The number of rotatable bonds is 5. The molecule has 0 radical (unpaired) electrons. The van der Waals surface area contributed by atoms with Crippen LogP contribution in [0.2, 0.25) is 0 Å². The molecule has 0 aliphatic rings. The zero-order valence-electron chi connectivity index (χ0n) is 18.3. The van der Waals surface area contributed by atoms with E-state index in [1.807, 2.05) is 60.7 Å². The fourth-order valence-corrected chi connectivity index (χ4v) is 3.38.